The van der Waals surface area contributed by atoms with E-state index in [1.165, 1.54) is 0 Å². The number of carbonyl (C=O) groups is 2. The SMILES string of the molecule is O=C(Nc1cccnc1)C1CCN(C(=O)c2ncn3c2CO[C@@H](c2ccccc2)C3)CC1. The van der Waals surface area contributed by atoms with Gasteiger partial charge in [0.15, 0.2) is 5.69 Å². The molecule has 2 amide bonds. The molecule has 3 aromatic rings. The number of nitrogens with zero attached hydrogens (tertiary/aromatic N) is 4. The highest BCUT2D eigenvalue weighted by Crippen LogP contribution is 2.29. The molecule has 2 aliphatic heterocycles. The number of fused-ring (bicyclic) bond motifs is 1. The molecule has 0 saturated carbocycles. The highest BCUT2D eigenvalue weighted by Gasteiger charge is 2.32. The maximum absolute atomic E-state index is 13.1. The fraction of sp³-hybridized carbons (Fsp3) is 0.333. The predicted octanol–water partition coefficient (Wildman–Crippen LogP) is 3.04. The van der Waals surface area contributed by atoms with Crippen LogP contribution in [-0.4, -0.2) is 44.3 Å². The summed E-state index contributed by atoms with van der Waals surface area (Å²) in [6, 6.07) is 13.7. The van der Waals surface area contributed by atoms with E-state index in [4.69, 9.17) is 4.74 Å². The van der Waals surface area contributed by atoms with Gasteiger partial charge in [-0.3, -0.25) is 14.6 Å². The first kappa shape index (κ1) is 20.4. The Labute approximate surface area is 186 Å². The average Bonchev–Trinajstić information content (AvgIpc) is 3.28. The van der Waals surface area contributed by atoms with Crippen LogP contribution in [0.1, 0.15) is 40.7 Å². The molecule has 0 aliphatic carbocycles. The van der Waals surface area contributed by atoms with Crippen molar-refractivity contribution in [2.45, 2.75) is 32.1 Å². The number of imidazole rings is 1. The van der Waals surface area contributed by atoms with E-state index in [1.807, 2.05) is 41.0 Å². The van der Waals surface area contributed by atoms with Gasteiger partial charge in [-0.05, 0) is 30.5 Å². The zero-order valence-electron chi connectivity index (χ0n) is 17.7. The third-order valence-electron chi connectivity index (χ3n) is 6.19. The third kappa shape index (κ3) is 4.13. The molecule has 0 spiro atoms. The summed E-state index contributed by atoms with van der Waals surface area (Å²) in [5, 5.41) is 2.90. The molecular weight excluding hydrogens is 406 g/mol. The number of hydrogen-bond acceptors (Lipinski definition) is 5. The summed E-state index contributed by atoms with van der Waals surface area (Å²) >= 11 is 0. The van der Waals surface area contributed by atoms with Gasteiger partial charge in [-0.1, -0.05) is 30.3 Å². The lowest BCUT2D eigenvalue weighted by Gasteiger charge is -2.31. The molecule has 0 unspecified atom stereocenters. The predicted molar refractivity (Wildman–Crippen MR) is 118 cm³/mol. The number of carbonyl (C=O) groups excluding carboxylic acids is 2. The zero-order valence-corrected chi connectivity index (χ0v) is 17.7. The monoisotopic (exact) mass is 431 g/mol. The number of benzene rings is 1. The second kappa shape index (κ2) is 8.92. The second-order valence-corrected chi connectivity index (χ2v) is 8.20. The van der Waals surface area contributed by atoms with Crippen LogP contribution >= 0.6 is 0 Å². The van der Waals surface area contributed by atoms with Crippen LogP contribution in [0.25, 0.3) is 0 Å². The number of rotatable bonds is 4. The molecule has 8 heteroatoms. The summed E-state index contributed by atoms with van der Waals surface area (Å²) in [5.41, 5.74) is 3.08. The molecule has 2 aliphatic rings. The molecule has 1 atom stereocenters. The molecule has 5 rings (SSSR count). The fourth-order valence-electron chi connectivity index (χ4n) is 4.35. The van der Waals surface area contributed by atoms with Gasteiger partial charge in [0.1, 0.15) is 6.10 Å². The van der Waals surface area contributed by atoms with Gasteiger partial charge in [-0.15, -0.1) is 0 Å². The maximum Gasteiger partial charge on any atom is 0.274 e. The van der Waals surface area contributed by atoms with Gasteiger partial charge >= 0.3 is 0 Å². The standard InChI is InChI=1S/C24H25N5O3/c30-23(27-19-7-4-10-25-13-19)18-8-11-28(12-9-18)24(31)22-20-15-32-21(14-29(20)16-26-22)17-5-2-1-3-6-17/h1-7,10,13,16,18,21H,8-9,11-12,14-15H2,(H,27,30)/t21-/m1/s1. The molecule has 4 heterocycles. The largest absolute Gasteiger partial charge is 0.365 e. The zero-order chi connectivity index (χ0) is 21.9. The summed E-state index contributed by atoms with van der Waals surface area (Å²) in [5.74, 6) is -0.235. The van der Waals surface area contributed by atoms with Crippen molar-refractivity contribution < 1.29 is 14.3 Å². The quantitative estimate of drug-likeness (QED) is 0.686. The van der Waals surface area contributed by atoms with Crippen LogP contribution in [0.3, 0.4) is 0 Å². The van der Waals surface area contributed by atoms with Crippen LogP contribution in [0.15, 0.2) is 61.2 Å². The van der Waals surface area contributed by atoms with Crippen LogP contribution in [0.5, 0.6) is 0 Å². The molecule has 1 N–H and O–H groups in total. The molecule has 1 aromatic carbocycles. The van der Waals surface area contributed by atoms with Crippen molar-refractivity contribution in [3.8, 4) is 0 Å². The number of nitrogens with one attached hydrogen (secondary N) is 1. The van der Waals surface area contributed by atoms with E-state index >= 15 is 0 Å². The van der Waals surface area contributed by atoms with Gasteiger partial charge in [0.25, 0.3) is 5.91 Å². The number of piperidine rings is 1. The van der Waals surface area contributed by atoms with Crippen molar-refractivity contribution >= 4 is 17.5 Å². The first-order valence-electron chi connectivity index (χ1n) is 10.9. The molecular formula is C24H25N5O3. The summed E-state index contributed by atoms with van der Waals surface area (Å²) in [7, 11) is 0. The lowest BCUT2D eigenvalue weighted by atomic mass is 9.95. The lowest BCUT2D eigenvalue weighted by Crippen LogP contribution is -2.42. The summed E-state index contributed by atoms with van der Waals surface area (Å²) in [6.07, 6.45) is 6.23. The molecule has 0 bridgehead atoms. The molecule has 8 nitrogen and oxygen atoms in total. The van der Waals surface area contributed by atoms with Crippen LogP contribution in [0.2, 0.25) is 0 Å². The Kier molecular flexibility index (Phi) is 5.68. The lowest BCUT2D eigenvalue weighted by molar-refractivity contribution is -0.121. The normalized spacial score (nSPS) is 18.8. The number of likely N-dealkylation sites (tertiary alicyclic amines) is 1. The van der Waals surface area contributed by atoms with Gasteiger partial charge in [-0.25, -0.2) is 4.98 Å². The average molecular weight is 431 g/mol. The van der Waals surface area contributed by atoms with Gasteiger partial charge in [0.2, 0.25) is 5.91 Å². The van der Waals surface area contributed by atoms with E-state index in [1.54, 1.807) is 29.7 Å². The van der Waals surface area contributed by atoms with E-state index in [2.05, 4.69) is 15.3 Å². The fourth-order valence-corrected chi connectivity index (χ4v) is 4.35. The smallest absolute Gasteiger partial charge is 0.274 e. The number of hydrogen-bond donors (Lipinski definition) is 1. The van der Waals surface area contributed by atoms with E-state index in [-0.39, 0.29) is 23.8 Å². The van der Waals surface area contributed by atoms with Crippen molar-refractivity contribution in [2.75, 3.05) is 18.4 Å². The molecule has 1 saturated heterocycles. The van der Waals surface area contributed by atoms with Gasteiger partial charge in [0.05, 0.1) is 37.1 Å². The van der Waals surface area contributed by atoms with E-state index < -0.39 is 0 Å². The Bertz CT molecular complexity index is 1090. The Hall–Kier alpha value is -3.52. The molecule has 32 heavy (non-hydrogen) atoms. The second-order valence-electron chi connectivity index (χ2n) is 8.20. The topological polar surface area (TPSA) is 89.4 Å². The number of amides is 2. The Morgan fingerprint density at radius 1 is 1.06 bits per heavy atom. The van der Waals surface area contributed by atoms with Crippen molar-refractivity contribution in [1.29, 1.82) is 0 Å². The van der Waals surface area contributed by atoms with Crippen molar-refractivity contribution in [3.05, 3.63) is 78.1 Å². The van der Waals surface area contributed by atoms with Gasteiger partial charge in [-0.2, -0.15) is 0 Å². The summed E-state index contributed by atoms with van der Waals surface area (Å²) < 4.78 is 8.06. The summed E-state index contributed by atoms with van der Waals surface area (Å²) in [6.45, 7) is 2.05. The minimum Gasteiger partial charge on any atom is -0.365 e. The van der Waals surface area contributed by atoms with Gasteiger partial charge < -0.3 is 19.5 Å². The summed E-state index contributed by atoms with van der Waals surface area (Å²) in [4.78, 5) is 35.9. The molecule has 0 radical (unpaired) electrons. The van der Waals surface area contributed by atoms with Crippen molar-refractivity contribution in [1.82, 2.24) is 19.4 Å². The van der Waals surface area contributed by atoms with Crippen LogP contribution in [-0.2, 0) is 22.7 Å². The Balaban J connectivity index is 1.20. The first-order valence-corrected chi connectivity index (χ1v) is 10.9. The minimum absolute atomic E-state index is 0.0233. The molecule has 2 aromatic heterocycles. The van der Waals surface area contributed by atoms with E-state index in [0.717, 1.165) is 11.3 Å². The maximum atomic E-state index is 13.1. The number of anilines is 1. The molecule has 164 valence electrons. The minimum atomic E-state index is -0.120. The number of aromatic nitrogens is 3. The van der Waals surface area contributed by atoms with Crippen LogP contribution in [0.4, 0.5) is 5.69 Å². The van der Waals surface area contributed by atoms with E-state index in [0.29, 0.717) is 50.5 Å². The van der Waals surface area contributed by atoms with Gasteiger partial charge in [0, 0.05) is 25.2 Å². The first-order chi connectivity index (χ1) is 15.7. The van der Waals surface area contributed by atoms with Crippen molar-refractivity contribution in [2.24, 2.45) is 5.92 Å². The molecule has 1 fully saturated rings. The van der Waals surface area contributed by atoms with Crippen LogP contribution < -0.4 is 5.32 Å². The van der Waals surface area contributed by atoms with Crippen molar-refractivity contribution in [3.63, 3.8) is 0 Å². The van der Waals surface area contributed by atoms with Crippen LogP contribution in [0, 0.1) is 5.92 Å². The van der Waals surface area contributed by atoms with E-state index in [9.17, 15) is 9.59 Å². The Morgan fingerprint density at radius 2 is 1.88 bits per heavy atom. The Morgan fingerprint density at radius 3 is 2.62 bits per heavy atom. The highest BCUT2D eigenvalue weighted by atomic mass is 16.5. The third-order valence-corrected chi connectivity index (χ3v) is 6.19. The number of pyridine rings is 1. The number of ether oxygens (including phenoxy) is 1. The highest BCUT2D eigenvalue weighted by molar-refractivity contribution is 5.95.